The summed E-state index contributed by atoms with van der Waals surface area (Å²) in [6, 6.07) is 6.45. The average Bonchev–Trinajstić information content (AvgIpc) is 3.32. The van der Waals surface area contributed by atoms with Crippen molar-refractivity contribution in [2.45, 2.75) is 50.5 Å². The van der Waals surface area contributed by atoms with Crippen molar-refractivity contribution < 1.29 is 28.2 Å². The molecule has 2 saturated carbocycles. The molecule has 2 N–H and O–H groups in total. The molecule has 0 aromatic heterocycles. The van der Waals surface area contributed by atoms with E-state index in [1.54, 1.807) is 24.3 Å². The summed E-state index contributed by atoms with van der Waals surface area (Å²) in [6.07, 6.45) is 0.763. The fourth-order valence-electron chi connectivity index (χ4n) is 3.89. The predicted molar refractivity (Wildman–Crippen MR) is 90.1 cm³/mol. The number of aliphatic carboxylic acids is 1. The Kier molecular flexibility index (Phi) is 4.45. The first kappa shape index (κ1) is 18.6. The number of nitrogens with one attached hydrogen (secondary N) is 1. The lowest BCUT2D eigenvalue weighted by molar-refractivity contribution is -0.147. The monoisotopic (exact) mass is 367 g/mol. The van der Waals surface area contributed by atoms with Gasteiger partial charge in [-0.25, -0.2) is 13.6 Å². The Bertz CT molecular complexity index is 709. The summed E-state index contributed by atoms with van der Waals surface area (Å²) in [5, 5.41) is 12.3. The average molecular weight is 367 g/mol. The minimum absolute atomic E-state index is 0.203. The summed E-state index contributed by atoms with van der Waals surface area (Å²) in [5.41, 5.74) is -1.55. The van der Waals surface area contributed by atoms with Crippen LogP contribution < -0.4 is 10.1 Å². The Balaban J connectivity index is 1.72. The van der Waals surface area contributed by atoms with Crippen LogP contribution in [0, 0.1) is 11.3 Å². The van der Waals surface area contributed by atoms with Crippen LogP contribution in [0.15, 0.2) is 24.3 Å². The first-order valence-corrected chi connectivity index (χ1v) is 8.70. The number of hydrogen-bond acceptors (Lipinski definition) is 3. The second kappa shape index (κ2) is 6.21. The van der Waals surface area contributed by atoms with Crippen molar-refractivity contribution in [1.82, 2.24) is 5.32 Å². The van der Waals surface area contributed by atoms with Gasteiger partial charge in [0.05, 0.1) is 7.11 Å². The minimum atomic E-state index is -2.65. The number of benzene rings is 1. The maximum atomic E-state index is 13.4. The summed E-state index contributed by atoms with van der Waals surface area (Å²) in [5.74, 6) is -4.02. The van der Waals surface area contributed by atoms with Crippen LogP contribution in [0.4, 0.5) is 8.78 Å². The lowest BCUT2D eigenvalue weighted by Crippen LogP contribution is -2.50. The molecule has 142 valence electrons. The zero-order valence-electron chi connectivity index (χ0n) is 14.9. The quantitative estimate of drug-likeness (QED) is 0.837. The lowest BCUT2D eigenvalue weighted by atomic mass is 9.82. The summed E-state index contributed by atoms with van der Waals surface area (Å²) >= 11 is 0. The second-order valence-electron chi connectivity index (χ2n) is 7.62. The van der Waals surface area contributed by atoms with Crippen molar-refractivity contribution in [1.29, 1.82) is 0 Å². The smallest absolute Gasteiger partial charge is 0.333 e. The van der Waals surface area contributed by atoms with Gasteiger partial charge in [0.15, 0.2) is 5.54 Å². The molecule has 2 aliphatic carbocycles. The third kappa shape index (κ3) is 3.27. The molecule has 3 rings (SSSR count). The van der Waals surface area contributed by atoms with Crippen molar-refractivity contribution in [2.75, 3.05) is 7.11 Å². The molecule has 1 spiro atoms. The molecule has 1 aromatic carbocycles. The zero-order chi connectivity index (χ0) is 19.2. The van der Waals surface area contributed by atoms with Crippen molar-refractivity contribution >= 4 is 11.9 Å². The van der Waals surface area contributed by atoms with Gasteiger partial charge in [-0.1, -0.05) is 12.1 Å². The van der Waals surface area contributed by atoms with Gasteiger partial charge in [0.25, 0.3) is 0 Å². The number of alkyl halides is 2. The molecule has 1 amide bonds. The first-order valence-electron chi connectivity index (χ1n) is 8.70. The van der Waals surface area contributed by atoms with Crippen LogP contribution in [0.3, 0.4) is 0 Å². The zero-order valence-corrected chi connectivity index (χ0v) is 14.9. The number of ether oxygens (including phenoxy) is 1. The van der Waals surface area contributed by atoms with Crippen LogP contribution in [-0.2, 0) is 15.1 Å². The summed E-state index contributed by atoms with van der Waals surface area (Å²) in [6.45, 7) is 1.43. The van der Waals surface area contributed by atoms with Gasteiger partial charge in [-0.15, -0.1) is 0 Å². The van der Waals surface area contributed by atoms with Crippen molar-refractivity contribution in [3.63, 3.8) is 0 Å². The molecule has 5 nitrogen and oxygen atoms in total. The number of carbonyl (C=O) groups is 2. The summed E-state index contributed by atoms with van der Waals surface area (Å²) < 4.78 is 31.8. The van der Waals surface area contributed by atoms with Gasteiger partial charge in [0.1, 0.15) is 5.75 Å². The topological polar surface area (TPSA) is 75.6 Å². The van der Waals surface area contributed by atoms with Crippen molar-refractivity contribution in [2.24, 2.45) is 11.3 Å². The first-order chi connectivity index (χ1) is 12.1. The molecular formula is C19H23F2NO4. The Morgan fingerprint density at radius 2 is 1.77 bits per heavy atom. The standard InChI is InChI=1S/C19H23F2NO4/c1-17(16(24)25,12-3-5-13(26-2)6-4-12)22-15(23)14-11-18(14)7-9-19(20,21)10-8-18/h3-6,14H,7-11H2,1-2H3,(H,22,23)(H,24,25). The molecule has 1 aromatic rings. The largest absolute Gasteiger partial charge is 0.497 e. The number of methoxy groups -OCH3 is 1. The lowest BCUT2D eigenvalue weighted by Gasteiger charge is -2.30. The van der Waals surface area contributed by atoms with Crippen LogP contribution in [0.25, 0.3) is 0 Å². The van der Waals surface area contributed by atoms with Crippen LogP contribution in [-0.4, -0.2) is 30.0 Å². The van der Waals surface area contributed by atoms with E-state index in [9.17, 15) is 23.5 Å². The molecule has 2 atom stereocenters. The van der Waals surface area contributed by atoms with Crippen molar-refractivity contribution in [3.05, 3.63) is 29.8 Å². The number of halogens is 2. The SMILES string of the molecule is COc1ccc(C(C)(NC(=O)C2CC23CCC(F)(F)CC3)C(=O)O)cc1. The van der Waals surface area contributed by atoms with E-state index in [1.807, 2.05) is 0 Å². The second-order valence-corrected chi connectivity index (χ2v) is 7.62. The fourth-order valence-corrected chi connectivity index (χ4v) is 3.89. The molecule has 2 unspecified atom stereocenters. The van der Waals surface area contributed by atoms with Crippen LogP contribution in [0.2, 0.25) is 0 Å². The van der Waals surface area contributed by atoms with E-state index in [0.29, 0.717) is 30.6 Å². The third-order valence-electron chi connectivity index (χ3n) is 5.95. The highest BCUT2D eigenvalue weighted by molar-refractivity contribution is 5.90. The predicted octanol–water partition coefficient (Wildman–Crippen LogP) is 3.33. The molecule has 0 heterocycles. The molecule has 2 aliphatic rings. The van der Waals surface area contributed by atoms with Crippen LogP contribution in [0.1, 0.15) is 44.6 Å². The highest BCUT2D eigenvalue weighted by Crippen LogP contribution is 2.63. The summed E-state index contributed by atoms with van der Waals surface area (Å²) in [4.78, 5) is 24.5. The van der Waals surface area contributed by atoms with E-state index in [-0.39, 0.29) is 24.2 Å². The van der Waals surface area contributed by atoms with Gasteiger partial charge in [-0.05, 0) is 49.3 Å². The van der Waals surface area contributed by atoms with Gasteiger partial charge in [-0.3, -0.25) is 4.79 Å². The van der Waals surface area contributed by atoms with Crippen molar-refractivity contribution in [3.8, 4) is 5.75 Å². The van der Waals surface area contributed by atoms with E-state index in [2.05, 4.69) is 5.32 Å². The minimum Gasteiger partial charge on any atom is -0.497 e. The van der Waals surface area contributed by atoms with Gasteiger partial charge >= 0.3 is 5.97 Å². The number of amides is 1. The molecule has 7 heteroatoms. The van der Waals surface area contributed by atoms with E-state index in [1.165, 1.54) is 14.0 Å². The maximum Gasteiger partial charge on any atom is 0.333 e. The van der Waals surface area contributed by atoms with Gasteiger partial charge in [0.2, 0.25) is 11.8 Å². The number of carboxylic acids is 1. The van der Waals surface area contributed by atoms with Gasteiger partial charge in [-0.2, -0.15) is 0 Å². The highest BCUT2D eigenvalue weighted by atomic mass is 19.3. The number of carboxylic acid groups (broad SMARTS) is 1. The Morgan fingerprint density at radius 1 is 1.19 bits per heavy atom. The normalized spacial score (nSPS) is 25.2. The van der Waals surface area contributed by atoms with Gasteiger partial charge < -0.3 is 15.2 Å². The van der Waals surface area contributed by atoms with Crippen LogP contribution >= 0.6 is 0 Å². The number of rotatable bonds is 5. The van der Waals surface area contributed by atoms with Gasteiger partial charge in [0, 0.05) is 18.8 Å². The Morgan fingerprint density at radius 3 is 2.27 bits per heavy atom. The molecule has 0 saturated heterocycles. The molecule has 26 heavy (non-hydrogen) atoms. The number of carbonyl (C=O) groups excluding carboxylic acids is 1. The summed E-state index contributed by atoms with van der Waals surface area (Å²) in [7, 11) is 1.51. The van der Waals surface area contributed by atoms with Crippen LogP contribution in [0.5, 0.6) is 5.75 Å². The Hall–Kier alpha value is -2.18. The van der Waals surface area contributed by atoms with E-state index in [0.717, 1.165) is 0 Å². The fraction of sp³-hybridized carbons (Fsp3) is 0.579. The highest BCUT2D eigenvalue weighted by Gasteiger charge is 2.61. The number of hydrogen-bond donors (Lipinski definition) is 2. The van der Waals surface area contributed by atoms with E-state index < -0.39 is 23.3 Å². The molecule has 0 aliphatic heterocycles. The van der Waals surface area contributed by atoms with E-state index in [4.69, 9.17) is 4.74 Å². The molecule has 2 fully saturated rings. The molecular weight excluding hydrogens is 344 g/mol. The van der Waals surface area contributed by atoms with E-state index >= 15 is 0 Å². The Labute approximate surface area is 150 Å². The third-order valence-corrected chi connectivity index (χ3v) is 5.95. The molecule has 0 radical (unpaired) electrons. The maximum absolute atomic E-state index is 13.4. The molecule has 0 bridgehead atoms.